The van der Waals surface area contributed by atoms with Gasteiger partial charge in [0.05, 0.1) is 30.3 Å². The molecule has 4 heteroatoms. The third kappa shape index (κ3) is 1.81. The van der Waals surface area contributed by atoms with Gasteiger partial charge in [-0.05, 0) is 19.1 Å². The lowest BCUT2D eigenvalue weighted by molar-refractivity contribution is 0.0528. The topological polar surface area (TPSA) is 51.3 Å². The van der Waals surface area contributed by atoms with Crippen LogP contribution in [0.4, 0.5) is 0 Å². The van der Waals surface area contributed by atoms with Gasteiger partial charge in [0.15, 0.2) is 0 Å². The number of rotatable bonds is 3. The fourth-order valence-electron chi connectivity index (χ4n) is 2.47. The number of nitrogens with one attached hydrogen (secondary N) is 1. The van der Waals surface area contributed by atoms with Crippen LogP contribution in [-0.2, 0) is 4.74 Å². The molecule has 0 saturated carbocycles. The number of methoxy groups -OCH3 is 1. The van der Waals surface area contributed by atoms with Crippen LogP contribution < -0.4 is 4.74 Å². The number of carbonyl (C=O) groups is 1. The molecule has 0 bridgehead atoms. The molecule has 0 radical (unpaired) electrons. The summed E-state index contributed by atoms with van der Waals surface area (Å²) in [5, 5.41) is 2.02. The van der Waals surface area contributed by atoms with Crippen LogP contribution in [0.15, 0.2) is 36.4 Å². The molecule has 0 amide bonds. The van der Waals surface area contributed by atoms with E-state index in [1.807, 2.05) is 30.3 Å². The Bertz CT molecular complexity index is 789. The molecule has 0 aliphatic carbocycles. The van der Waals surface area contributed by atoms with Crippen LogP contribution in [-0.4, -0.2) is 24.7 Å². The standard InChI is InChI=1S/C16H15NO3/c1-3-20-16(18)12-8-4-6-10-11-7-5-9-13(19-2)15(11)17-14(10)12/h4-9,17H,3H2,1-2H3. The predicted octanol–water partition coefficient (Wildman–Crippen LogP) is 3.51. The average molecular weight is 269 g/mol. The van der Waals surface area contributed by atoms with E-state index < -0.39 is 0 Å². The highest BCUT2D eigenvalue weighted by Gasteiger charge is 2.15. The number of H-pyrrole nitrogens is 1. The normalized spacial score (nSPS) is 10.9. The van der Waals surface area contributed by atoms with E-state index in [0.717, 1.165) is 27.6 Å². The number of benzene rings is 2. The number of hydrogen-bond acceptors (Lipinski definition) is 3. The van der Waals surface area contributed by atoms with Gasteiger partial charge in [-0.25, -0.2) is 4.79 Å². The van der Waals surface area contributed by atoms with Crippen LogP contribution in [0.5, 0.6) is 5.75 Å². The molecule has 0 unspecified atom stereocenters. The van der Waals surface area contributed by atoms with Crippen LogP contribution >= 0.6 is 0 Å². The summed E-state index contributed by atoms with van der Waals surface area (Å²) in [7, 11) is 1.63. The van der Waals surface area contributed by atoms with E-state index in [1.54, 1.807) is 20.1 Å². The molecule has 1 N–H and O–H groups in total. The molecule has 102 valence electrons. The minimum absolute atomic E-state index is 0.316. The second kappa shape index (κ2) is 4.89. The first kappa shape index (κ1) is 12.5. The van der Waals surface area contributed by atoms with E-state index in [4.69, 9.17) is 9.47 Å². The molecule has 0 aliphatic heterocycles. The lowest BCUT2D eigenvalue weighted by Crippen LogP contribution is -2.05. The zero-order chi connectivity index (χ0) is 14.1. The minimum Gasteiger partial charge on any atom is -0.495 e. The minimum atomic E-state index is -0.316. The Labute approximate surface area is 116 Å². The summed E-state index contributed by atoms with van der Waals surface area (Å²) in [4.78, 5) is 15.3. The molecular formula is C16H15NO3. The second-order valence-corrected chi connectivity index (χ2v) is 4.46. The average Bonchev–Trinajstić information content (AvgIpc) is 2.85. The van der Waals surface area contributed by atoms with Gasteiger partial charge in [-0.1, -0.05) is 24.3 Å². The van der Waals surface area contributed by atoms with Crippen molar-refractivity contribution in [3.05, 3.63) is 42.0 Å². The van der Waals surface area contributed by atoms with Crippen LogP contribution in [0, 0.1) is 0 Å². The van der Waals surface area contributed by atoms with Crippen LogP contribution in [0.3, 0.4) is 0 Å². The number of ether oxygens (including phenoxy) is 2. The van der Waals surface area contributed by atoms with E-state index >= 15 is 0 Å². The Balaban J connectivity index is 2.32. The maximum Gasteiger partial charge on any atom is 0.340 e. The molecule has 20 heavy (non-hydrogen) atoms. The SMILES string of the molecule is CCOC(=O)c1cccc2c1[nH]c1c(OC)cccc12. The fourth-order valence-corrected chi connectivity index (χ4v) is 2.47. The first-order chi connectivity index (χ1) is 9.76. The zero-order valence-corrected chi connectivity index (χ0v) is 11.4. The van der Waals surface area contributed by atoms with Crippen molar-refractivity contribution in [2.75, 3.05) is 13.7 Å². The molecule has 0 atom stereocenters. The van der Waals surface area contributed by atoms with E-state index in [-0.39, 0.29) is 5.97 Å². The van der Waals surface area contributed by atoms with Gasteiger partial charge < -0.3 is 14.5 Å². The quantitative estimate of drug-likeness (QED) is 0.740. The van der Waals surface area contributed by atoms with Crippen molar-refractivity contribution in [3.8, 4) is 5.75 Å². The monoisotopic (exact) mass is 269 g/mol. The van der Waals surface area contributed by atoms with E-state index in [2.05, 4.69) is 4.98 Å². The molecule has 0 saturated heterocycles. The zero-order valence-electron chi connectivity index (χ0n) is 11.4. The van der Waals surface area contributed by atoms with Crippen LogP contribution in [0.25, 0.3) is 21.8 Å². The Morgan fingerprint density at radius 1 is 1.10 bits per heavy atom. The lowest BCUT2D eigenvalue weighted by Gasteiger charge is -2.02. The molecule has 1 aromatic heterocycles. The summed E-state index contributed by atoms with van der Waals surface area (Å²) >= 11 is 0. The number of aromatic nitrogens is 1. The highest BCUT2D eigenvalue weighted by Crippen LogP contribution is 2.33. The summed E-state index contributed by atoms with van der Waals surface area (Å²) in [6, 6.07) is 11.4. The fraction of sp³-hybridized carbons (Fsp3) is 0.188. The molecule has 1 heterocycles. The number of para-hydroxylation sites is 2. The van der Waals surface area contributed by atoms with Crippen molar-refractivity contribution in [1.29, 1.82) is 0 Å². The maximum atomic E-state index is 12.0. The summed E-state index contributed by atoms with van der Waals surface area (Å²) < 4.78 is 10.5. The van der Waals surface area contributed by atoms with Crippen molar-refractivity contribution in [2.45, 2.75) is 6.92 Å². The van der Waals surface area contributed by atoms with Crippen molar-refractivity contribution in [3.63, 3.8) is 0 Å². The van der Waals surface area contributed by atoms with Gasteiger partial charge in [-0.2, -0.15) is 0 Å². The van der Waals surface area contributed by atoms with Crippen molar-refractivity contribution >= 4 is 27.8 Å². The smallest absolute Gasteiger partial charge is 0.340 e. The Morgan fingerprint density at radius 2 is 1.80 bits per heavy atom. The van der Waals surface area contributed by atoms with Crippen LogP contribution in [0.2, 0.25) is 0 Å². The maximum absolute atomic E-state index is 12.0. The molecule has 3 rings (SSSR count). The largest absolute Gasteiger partial charge is 0.495 e. The molecule has 0 spiro atoms. The Morgan fingerprint density at radius 3 is 2.50 bits per heavy atom. The Hall–Kier alpha value is -2.49. The predicted molar refractivity (Wildman–Crippen MR) is 78.3 cm³/mol. The highest BCUT2D eigenvalue weighted by atomic mass is 16.5. The van der Waals surface area contributed by atoms with E-state index in [1.165, 1.54) is 0 Å². The van der Waals surface area contributed by atoms with E-state index in [9.17, 15) is 4.79 Å². The van der Waals surface area contributed by atoms with Gasteiger partial charge in [-0.3, -0.25) is 0 Å². The number of esters is 1. The molecule has 4 nitrogen and oxygen atoms in total. The molecule has 3 aromatic rings. The van der Waals surface area contributed by atoms with Gasteiger partial charge in [0, 0.05) is 10.8 Å². The summed E-state index contributed by atoms with van der Waals surface area (Å²) in [5.74, 6) is 0.442. The lowest BCUT2D eigenvalue weighted by atomic mass is 10.1. The van der Waals surface area contributed by atoms with Gasteiger partial charge in [0.1, 0.15) is 5.75 Å². The number of aromatic amines is 1. The van der Waals surface area contributed by atoms with Crippen LogP contribution in [0.1, 0.15) is 17.3 Å². The summed E-state index contributed by atoms with van der Waals surface area (Å²) in [6.45, 7) is 2.16. The molecule has 2 aromatic carbocycles. The molecular weight excluding hydrogens is 254 g/mol. The van der Waals surface area contributed by atoms with Crippen molar-refractivity contribution in [2.24, 2.45) is 0 Å². The first-order valence-corrected chi connectivity index (χ1v) is 6.50. The van der Waals surface area contributed by atoms with Gasteiger partial charge in [-0.15, -0.1) is 0 Å². The van der Waals surface area contributed by atoms with Crippen molar-refractivity contribution in [1.82, 2.24) is 4.98 Å². The number of carbonyl (C=O) groups excluding carboxylic acids is 1. The van der Waals surface area contributed by atoms with Gasteiger partial charge in [0.25, 0.3) is 0 Å². The molecule has 0 aliphatic rings. The highest BCUT2D eigenvalue weighted by molar-refractivity contribution is 6.15. The number of fused-ring (bicyclic) bond motifs is 3. The first-order valence-electron chi connectivity index (χ1n) is 6.50. The van der Waals surface area contributed by atoms with Gasteiger partial charge in [0.2, 0.25) is 0 Å². The summed E-state index contributed by atoms with van der Waals surface area (Å²) in [5.41, 5.74) is 2.22. The number of hydrogen-bond donors (Lipinski definition) is 1. The third-order valence-electron chi connectivity index (χ3n) is 3.35. The Kier molecular flexibility index (Phi) is 3.06. The second-order valence-electron chi connectivity index (χ2n) is 4.46. The van der Waals surface area contributed by atoms with Gasteiger partial charge >= 0.3 is 5.97 Å². The van der Waals surface area contributed by atoms with E-state index in [0.29, 0.717) is 12.2 Å². The van der Waals surface area contributed by atoms with Crippen molar-refractivity contribution < 1.29 is 14.3 Å². The molecule has 0 fully saturated rings. The third-order valence-corrected chi connectivity index (χ3v) is 3.35. The summed E-state index contributed by atoms with van der Waals surface area (Å²) in [6.07, 6.45) is 0.